The highest BCUT2D eigenvalue weighted by Gasteiger charge is 2.28. The number of hydrogen-bond donors (Lipinski definition) is 1. The van der Waals surface area contributed by atoms with Crippen LogP contribution in [-0.4, -0.2) is 60.1 Å². The van der Waals surface area contributed by atoms with Crippen LogP contribution >= 0.6 is 0 Å². The summed E-state index contributed by atoms with van der Waals surface area (Å²) in [4.78, 5) is 5.51. The van der Waals surface area contributed by atoms with Crippen LogP contribution in [0.25, 0.3) is 0 Å². The first kappa shape index (κ1) is 17.2. The van der Waals surface area contributed by atoms with Crippen molar-refractivity contribution in [3.63, 3.8) is 0 Å². The van der Waals surface area contributed by atoms with E-state index >= 15 is 0 Å². The van der Waals surface area contributed by atoms with Crippen LogP contribution < -0.4 is 5.32 Å². The fourth-order valence-corrected chi connectivity index (χ4v) is 3.86. The molecule has 1 unspecified atom stereocenters. The fraction of sp³-hybridized carbons (Fsp3) is 1.00. The third kappa shape index (κ3) is 5.54. The number of piperidine rings is 2. The van der Waals surface area contributed by atoms with Crippen molar-refractivity contribution in [3.05, 3.63) is 0 Å². The molecular formula is C18H37N3. The Morgan fingerprint density at radius 1 is 1.00 bits per heavy atom. The van der Waals surface area contributed by atoms with Crippen molar-refractivity contribution in [2.24, 2.45) is 0 Å². The molecule has 2 heterocycles. The van der Waals surface area contributed by atoms with Gasteiger partial charge in [0.25, 0.3) is 0 Å². The summed E-state index contributed by atoms with van der Waals surface area (Å²) in [5, 5.41) is 3.69. The van der Waals surface area contributed by atoms with E-state index in [-0.39, 0.29) is 5.54 Å². The van der Waals surface area contributed by atoms with E-state index in [1.165, 1.54) is 64.7 Å². The zero-order chi connectivity index (χ0) is 15.3. The van der Waals surface area contributed by atoms with Crippen molar-refractivity contribution in [3.8, 4) is 0 Å². The van der Waals surface area contributed by atoms with Crippen molar-refractivity contribution in [2.45, 2.75) is 83.8 Å². The molecule has 2 fully saturated rings. The second kappa shape index (κ2) is 7.94. The van der Waals surface area contributed by atoms with Gasteiger partial charge in [0.2, 0.25) is 0 Å². The van der Waals surface area contributed by atoms with Gasteiger partial charge in [-0.25, -0.2) is 0 Å². The van der Waals surface area contributed by atoms with Gasteiger partial charge < -0.3 is 10.2 Å². The molecule has 3 nitrogen and oxygen atoms in total. The summed E-state index contributed by atoms with van der Waals surface area (Å²) in [6, 6.07) is 1.58. The second-order valence-corrected chi connectivity index (χ2v) is 8.06. The fourth-order valence-electron chi connectivity index (χ4n) is 3.86. The van der Waals surface area contributed by atoms with E-state index in [0.717, 1.165) is 12.6 Å². The zero-order valence-corrected chi connectivity index (χ0v) is 14.8. The molecule has 2 aliphatic heterocycles. The van der Waals surface area contributed by atoms with Crippen molar-refractivity contribution >= 4 is 0 Å². The Kier molecular flexibility index (Phi) is 6.51. The molecule has 0 spiro atoms. The number of rotatable bonds is 5. The van der Waals surface area contributed by atoms with E-state index in [0.29, 0.717) is 6.04 Å². The van der Waals surface area contributed by atoms with Crippen LogP contribution in [0.15, 0.2) is 0 Å². The zero-order valence-electron chi connectivity index (χ0n) is 14.8. The predicted octanol–water partition coefficient (Wildman–Crippen LogP) is 3.10. The summed E-state index contributed by atoms with van der Waals surface area (Å²) in [5.74, 6) is 0. The molecular weight excluding hydrogens is 258 g/mol. The quantitative estimate of drug-likeness (QED) is 0.841. The van der Waals surface area contributed by atoms with Gasteiger partial charge in [-0.2, -0.15) is 0 Å². The maximum Gasteiger partial charge on any atom is 0.0218 e. The van der Waals surface area contributed by atoms with E-state index in [1.807, 2.05) is 0 Å². The molecule has 2 rings (SSSR count). The largest absolute Gasteiger partial charge is 0.311 e. The van der Waals surface area contributed by atoms with Crippen LogP contribution in [0.5, 0.6) is 0 Å². The van der Waals surface area contributed by atoms with Gasteiger partial charge in [-0.3, -0.25) is 4.90 Å². The van der Waals surface area contributed by atoms with Gasteiger partial charge in [-0.05, 0) is 79.1 Å². The molecule has 0 aromatic heterocycles. The molecule has 0 radical (unpaired) electrons. The summed E-state index contributed by atoms with van der Waals surface area (Å²) < 4.78 is 0. The van der Waals surface area contributed by atoms with Gasteiger partial charge in [0, 0.05) is 24.2 Å². The molecule has 1 atom stereocenters. The number of hydrogen-bond acceptors (Lipinski definition) is 3. The number of nitrogens with zero attached hydrogens (tertiary/aromatic N) is 2. The van der Waals surface area contributed by atoms with Crippen LogP contribution in [-0.2, 0) is 0 Å². The molecule has 0 amide bonds. The first-order chi connectivity index (χ1) is 9.99. The van der Waals surface area contributed by atoms with E-state index in [2.05, 4.69) is 42.8 Å². The second-order valence-electron chi connectivity index (χ2n) is 8.06. The van der Waals surface area contributed by atoms with Crippen molar-refractivity contribution in [1.82, 2.24) is 15.1 Å². The molecule has 0 aliphatic carbocycles. The molecule has 0 saturated carbocycles. The van der Waals surface area contributed by atoms with Crippen molar-refractivity contribution in [2.75, 3.05) is 32.7 Å². The minimum atomic E-state index is 0.236. The molecule has 1 N–H and O–H groups in total. The first-order valence-corrected chi connectivity index (χ1v) is 9.22. The molecule has 2 saturated heterocycles. The topological polar surface area (TPSA) is 18.5 Å². The third-order valence-corrected chi connectivity index (χ3v) is 5.26. The van der Waals surface area contributed by atoms with Crippen LogP contribution in [0.1, 0.15) is 66.2 Å². The Morgan fingerprint density at radius 2 is 1.62 bits per heavy atom. The number of likely N-dealkylation sites (tertiary alicyclic amines) is 2. The van der Waals surface area contributed by atoms with Gasteiger partial charge in [0.05, 0.1) is 0 Å². The lowest BCUT2D eigenvalue weighted by Gasteiger charge is -2.43. The van der Waals surface area contributed by atoms with Crippen molar-refractivity contribution < 1.29 is 0 Å². The van der Waals surface area contributed by atoms with E-state index in [9.17, 15) is 0 Å². The Balaban J connectivity index is 1.75. The summed E-state index contributed by atoms with van der Waals surface area (Å²) in [7, 11) is 0. The average molecular weight is 296 g/mol. The highest BCUT2D eigenvalue weighted by molar-refractivity contribution is 4.86. The molecule has 3 heteroatoms. The van der Waals surface area contributed by atoms with E-state index in [1.54, 1.807) is 0 Å². The van der Waals surface area contributed by atoms with E-state index in [4.69, 9.17) is 0 Å². The maximum absolute atomic E-state index is 3.69. The average Bonchev–Trinajstić information content (AvgIpc) is 2.48. The highest BCUT2D eigenvalue weighted by atomic mass is 15.2. The van der Waals surface area contributed by atoms with Crippen LogP contribution in [0.3, 0.4) is 0 Å². The molecule has 21 heavy (non-hydrogen) atoms. The predicted molar refractivity (Wildman–Crippen MR) is 91.9 cm³/mol. The SMILES string of the molecule is CCC(CNC(C)(C)C)N1CCC(N2CCCCC2)CC1. The highest BCUT2D eigenvalue weighted by Crippen LogP contribution is 2.22. The summed E-state index contributed by atoms with van der Waals surface area (Å²) in [6.45, 7) is 15.6. The van der Waals surface area contributed by atoms with Gasteiger partial charge >= 0.3 is 0 Å². The third-order valence-electron chi connectivity index (χ3n) is 5.26. The Hall–Kier alpha value is -0.120. The van der Waals surface area contributed by atoms with Crippen molar-refractivity contribution in [1.29, 1.82) is 0 Å². The van der Waals surface area contributed by atoms with Gasteiger partial charge in [-0.15, -0.1) is 0 Å². The van der Waals surface area contributed by atoms with Gasteiger partial charge in [-0.1, -0.05) is 13.3 Å². The first-order valence-electron chi connectivity index (χ1n) is 9.22. The summed E-state index contributed by atoms with van der Waals surface area (Å²) >= 11 is 0. The Bertz CT molecular complexity index is 283. The smallest absolute Gasteiger partial charge is 0.0218 e. The van der Waals surface area contributed by atoms with Gasteiger partial charge in [0.15, 0.2) is 0 Å². The monoisotopic (exact) mass is 295 g/mol. The Labute approximate surface area is 132 Å². The normalized spacial score (nSPS) is 25.1. The van der Waals surface area contributed by atoms with Crippen LogP contribution in [0, 0.1) is 0 Å². The molecule has 2 aliphatic rings. The minimum absolute atomic E-state index is 0.236. The lowest BCUT2D eigenvalue weighted by Crippen LogP contribution is -2.52. The maximum atomic E-state index is 3.69. The van der Waals surface area contributed by atoms with Crippen LogP contribution in [0.4, 0.5) is 0 Å². The van der Waals surface area contributed by atoms with Gasteiger partial charge in [0.1, 0.15) is 0 Å². The lowest BCUT2D eigenvalue weighted by atomic mass is 9.98. The summed E-state index contributed by atoms with van der Waals surface area (Å²) in [6.07, 6.45) is 8.32. The summed E-state index contributed by atoms with van der Waals surface area (Å²) in [5.41, 5.74) is 0.236. The Morgan fingerprint density at radius 3 is 2.14 bits per heavy atom. The molecule has 0 aromatic rings. The number of nitrogens with one attached hydrogen (secondary N) is 1. The molecule has 0 bridgehead atoms. The van der Waals surface area contributed by atoms with Crippen LogP contribution in [0.2, 0.25) is 0 Å². The minimum Gasteiger partial charge on any atom is -0.311 e. The van der Waals surface area contributed by atoms with E-state index < -0.39 is 0 Å². The molecule has 0 aromatic carbocycles. The standard InChI is InChI=1S/C18H37N3/c1-5-16(15-19-18(2,3)4)21-13-9-17(10-14-21)20-11-7-6-8-12-20/h16-17,19H,5-15H2,1-4H3. The molecule has 124 valence electrons. The lowest BCUT2D eigenvalue weighted by molar-refractivity contribution is 0.0690.